The van der Waals surface area contributed by atoms with E-state index in [2.05, 4.69) is 9.97 Å². The number of halogens is 3. The number of aromatic nitrogens is 2. The van der Waals surface area contributed by atoms with Gasteiger partial charge in [-0.05, 0) is 24.1 Å². The summed E-state index contributed by atoms with van der Waals surface area (Å²) in [5, 5.41) is 7.54. The van der Waals surface area contributed by atoms with E-state index in [1.807, 2.05) is 0 Å². The highest BCUT2D eigenvalue weighted by molar-refractivity contribution is 6.05. The summed E-state index contributed by atoms with van der Waals surface area (Å²) in [7, 11) is 0. The lowest BCUT2D eigenvalue weighted by atomic mass is 9.94. The molecule has 0 saturated heterocycles. The Labute approximate surface area is 151 Å². The Balaban J connectivity index is 2.50. The number of nitrogen functional groups attached to an aromatic ring is 2. The predicted octanol–water partition coefficient (Wildman–Crippen LogP) is 3.31. The smallest absolute Gasteiger partial charge is 0.272 e. The summed E-state index contributed by atoms with van der Waals surface area (Å²) in [6.45, 7) is 2.16. The predicted molar refractivity (Wildman–Crippen MR) is 98.8 cm³/mol. The number of H-pyrrole nitrogens is 1. The van der Waals surface area contributed by atoms with Crippen LogP contribution >= 0.6 is 0 Å². The van der Waals surface area contributed by atoms with E-state index in [0.29, 0.717) is 0 Å². The van der Waals surface area contributed by atoms with Gasteiger partial charge in [0.15, 0.2) is 0 Å². The number of alkyl halides is 2. The number of fused-ring (bicyclic) bond motifs is 1. The van der Waals surface area contributed by atoms with E-state index < -0.39 is 17.3 Å². The number of benzene rings is 1. The molecule has 140 valence electrons. The van der Waals surface area contributed by atoms with E-state index in [9.17, 15) is 18.0 Å². The van der Waals surface area contributed by atoms with Gasteiger partial charge in [0.2, 0.25) is 0 Å². The zero-order valence-corrected chi connectivity index (χ0v) is 14.5. The van der Waals surface area contributed by atoms with Crippen LogP contribution in [0.4, 0.5) is 24.5 Å². The van der Waals surface area contributed by atoms with Crippen LogP contribution in [0.3, 0.4) is 0 Å². The van der Waals surface area contributed by atoms with Gasteiger partial charge in [-0.2, -0.15) is 0 Å². The highest BCUT2D eigenvalue weighted by atomic mass is 19.3. The van der Waals surface area contributed by atoms with E-state index in [1.54, 1.807) is 0 Å². The molecule has 0 radical (unpaired) electrons. The number of pyridine rings is 2. The summed E-state index contributed by atoms with van der Waals surface area (Å²) in [5.41, 5.74) is 10.7. The molecule has 2 aromatic heterocycles. The van der Waals surface area contributed by atoms with Gasteiger partial charge in [-0.15, -0.1) is 0 Å². The van der Waals surface area contributed by atoms with Gasteiger partial charge < -0.3 is 21.9 Å². The van der Waals surface area contributed by atoms with Gasteiger partial charge in [0.05, 0.1) is 16.7 Å². The van der Waals surface area contributed by atoms with E-state index >= 15 is 0 Å². The van der Waals surface area contributed by atoms with E-state index in [1.165, 1.54) is 13.0 Å². The third kappa shape index (κ3) is 2.80. The second kappa shape index (κ2) is 6.11. The molecule has 27 heavy (non-hydrogen) atoms. The topological polar surface area (TPSA) is 122 Å². The molecular weight excluding hydrogens is 359 g/mol. The van der Waals surface area contributed by atoms with Crippen molar-refractivity contribution in [2.75, 3.05) is 11.5 Å². The zero-order valence-electron chi connectivity index (χ0n) is 14.5. The molecule has 0 saturated carbocycles. The fourth-order valence-electron chi connectivity index (χ4n) is 3.07. The lowest BCUT2D eigenvalue weighted by Gasteiger charge is -2.18. The summed E-state index contributed by atoms with van der Waals surface area (Å²) < 4.78 is 41.4. The average molecular weight is 375 g/mol. The Morgan fingerprint density at radius 3 is 2.52 bits per heavy atom. The minimum absolute atomic E-state index is 0.0120. The lowest BCUT2D eigenvalue weighted by molar-refractivity contribution is 0.0166. The molecule has 0 spiro atoms. The van der Waals surface area contributed by atoms with Crippen LogP contribution in [0.1, 0.15) is 23.6 Å². The van der Waals surface area contributed by atoms with E-state index in [-0.39, 0.29) is 50.2 Å². The molecule has 0 fully saturated rings. The number of nitrogens with two attached hydrogens (primary N) is 2. The number of hydrogen-bond acceptors (Lipinski definition) is 5. The normalized spacial score (nSPS) is 11.7. The summed E-state index contributed by atoms with van der Waals surface area (Å²) in [6.07, 6.45) is 1.84. The van der Waals surface area contributed by atoms with Crippen molar-refractivity contribution in [3.05, 3.63) is 51.2 Å². The monoisotopic (exact) mass is 375 g/mol. The largest absolute Gasteiger partial charge is 0.396 e. The molecule has 0 aliphatic rings. The average Bonchev–Trinajstić information content (AvgIpc) is 2.59. The van der Waals surface area contributed by atoms with Crippen molar-refractivity contribution in [3.63, 3.8) is 0 Å². The van der Waals surface area contributed by atoms with Gasteiger partial charge in [-0.1, -0.05) is 6.07 Å². The minimum atomic E-state index is -3.16. The standard InChI is InChI=1S/C18H16F3N5O/c1-7-10(18(2,20)21)6-25-16-12(14(24)17(27)26-15(7)16)8-3-4-11(19)13(23)9(8)5-22/h3-6,22H,23-24H2,1-2H3,(H,26,27). The molecule has 0 unspecified atom stereocenters. The number of anilines is 2. The highest BCUT2D eigenvalue weighted by Gasteiger charge is 2.29. The van der Waals surface area contributed by atoms with Crippen molar-refractivity contribution >= 4 is 28.6 Å². The summed E-state index contributed by atoms with van der Waals surface area (Å²) in [4.78, 5) is 18.9. The Kier molecular flexibility index (Phi) is 4.17. The molecule has 2 heterocycles. The first kappa shape index (κ1) is 18.4. The SMILES string of the molecule is Cc1c(C(C)(F)F)cnc2c(-c3ccc(F)c(N)c3C=N)c(N)c(=O)[nH]c12. The first-order valence-corrected chi connectivity index (χ1v) is 7.86. The summed E-state index contributed by atoms with van der Waals surface area (Å²) in [5.74, 6) is -3.90. The van der Waals surface area contributed by atoms with E-state index in [4.69, 9.17) is 16.9 Å². The Morgan fingerprint density at radius 1 is 1.26 bits per heavy atom. The Bertz CT molecular complexity index is 1150. The van der Waals surface area contributed by atoms with Crippen LogP contribution in [-0.2, 0) is 5.92 Å². The van der Waals surface area contributed by atoms with Crippen molar-refractivity contribution < 1.29 is 13.2 Å². The van der Waals surface area contributed by atoms with Gasteiger partial charge in [0, 0.05) is 36.0 Å². The fourth-order valence-corrected chi connectivity index (χ4v) is 3.07. The molecule has 0 atom stereocenters. The van der Waals surface area contributed by atoms with Crippen LogP contribution in [0.2, 0.25) is 0 Å². The number of nitrogens with one attached hydrogen (secondary N) is 2. The molecule has 0 aliphatic carbocycles. The number of nitrogens with zero attached hydrogens (tertiary/aromatic N) is 1. The molecule has 6 nitrogen and oxygen atoms in total. The van der Waals surface area contributed by atoms with Crippen molar-refractivity contribution in [1.29, 1.82) is 5.41 Å². The third-order valence-corrected chi connectivity index (χ3v) is 4.45. The fraction of sp³-hybridized carbons (Fsp3) is 0.167. The van der Waals surface area contributed by atoms with Crippen LogP contribution in [0.5, 0.6) is 0 Å². The molecule has 0 bridgehead atoms. The Morgan fingerprint density at radius 2 is 1.93 bits per heavy atom. The van der Waals surface area contributed by atoms with Gasteiger partial charge in [-0.25, -0.2) is 13.2 Å². The molecule has 0 aliphatic heterocycles. The Hall–Kier alpha value is -3.36. The van der Waals surface area contributed by atoms with Crippen LogP contribution in [-0.4, -0.2) is 16.2 Å². The van der Waals surface area contributed by atoms with Gasteiger partial charge >= 0.3 is 0 Å². The molecule has 9 heteroatoms. The maximum Gasteiger partial charge on any atom is 0.272 e. The number of aromatic amines is 1. The number of aryl methyl sites for hydroxylation is 1. The summed E-state index contributed by atoms with van der Waals surface area (Å²) in [6, 6.07) is 2.39. The maximum absolute atomic E-state index is 13.8. The van der Waals surface area contributed by atoms with Crippen molar-refractivity contribution in [2.45, 2.75) is 19.8 Å². The van der Waals surface area contributed by atoms with Crippen LogP contribution in [0, 0.1) is 18.2 Å². The molecule has 3 aromatic rings. The molecular formula is C18H16F3N5O. The van der Waals surface area contributed by atoms with E-state index in [0.717, 1.165) is 25.4 Å². The molecule has 0 amide bonds. The van der Waals surface area contributed by atoms with Gasteiger partial charge in [-0.3, -0.25) is 9.78 Å². The summed E-state index contributed by atoms with van der Waals surface area (Å²) >= 11 is 0. The molecule has 3 rings (SSSR count). The van der Waals surface area contributed by atoms with Gasteiger partial charge in [0.1, 0.15) is 11.5 Å². The molecule has 1 aromatic carbocycles. The molecule has 6 N–H and O–H groups in total. The second-order valence-corrected chi connectivity index (χ2v) is 6.22. The maximum atomic E-state index is 13.8. The quantitative estimate of drug-likeness (QED) is 0.414. The number of rotatable bonds is 3. The van der Waals surface area contributed by atoms with Crippen molar-refractivity contribution in [1.82, 2.24) is 9.97 Å². The second-order valence-electron chi connectivity index (χ2n) is 6.22. The van der Waals surface area contributed by atoms with Crippen LogP contribution < -0.4 is 17.0 Å². The minimum Gasteiger partial charge on any atom is -0.396 e. The first-order valence-electron chi connectivity index (χ1n) is 7.86. The zero-order chi connectivity index (χ0) is 20.1. The van der Waals surface area contributed by atoms with Crippen molar-refractivity contribution in [3.8, 4) is 11.1 Å². The van der Waals surface area contributed by atoms with Crippen LogP contribution in [0.15, 0.2) is 23.1 Å². The third-order valence-electron chi connectivity index (χ3n) is 4.45. The van der Waals surface area contributed by atoms with Gasteiger partial charge in [0.25, 0.3) is 11.5 Å². The lowest BCUT2D eigenvalue weighted by Crippen LogP contribution is -2.17. The number of hydrogen-bond donors (Lipinski definition) is 4. The van der Waals surface area contributed by atoms with Crippen molar-refractivity contribution in [2.24, 2.45) is 0 Å². The highest BCUT2D eigenvalue weighted by Crippen LogP contribution is 2.38. The van der Waals surface area contributed by atoms with Crippen LogP contribution in [0.25, 0.3) is 22.2 Å². The first-order chi connectivity index (χ1) is 12.6.